The van der Waals surface area contributed by atoms with E-state index in [0.29, 0.717) is 43.4 Å². The fraction of sp³-hybridized carbons (Fsp3) is 0.500. The third kappa shape index (κ3) is 6.70. The van der Waals surface area contributed by atoms with Crippen LogP contribution in [-0.4, -0.2) is 59.6 Å². The van der Waals surface area contributed by atoms with Crippen LogP contribution in [0.2, 0.25) is 0 Å². The van der Waals surface area contributed by atoms with Gasteiger partial charge in [-0.05, 0) is 55.2 Å². The molecule has 2 fully saturated rings. The molecule has 0 bridgehead atoms. The molecule has 1 aliphatic carbocycles. The molecule has 7 heteroatoms. The highest BCUT2D eigenvalue weighted by atomic mass is 16.6. The molecule has 1 aliphatic heterocycles. The van der Waals surface area contributed by atoms with Crippen LogP contribution in [0.4, 0.5) is 4.79 Å². The van der Waals surface area contributed by atoms with Gasteiger partial charge in [-0.15, -0.1) is 0 Å². The summed E-state index contributed by atoms with van der Waals surface area (Å²) in [5.74, 6) is 1.84. The predicted molar refractivity (Wildman–Crippen MR) is 125 cm³/mol. The first kappa shape index (κ1) is 23.1. The quantitative estimate of drug-likeness (QED) is 0.654. The van der Waals surface area contributed by atoms with E-state index in [9.17, 15) is 9.59 Å². The molecule has 0 unspecified atom stereocenters. The van der Waals surface area contributed by atoms with Gasteiger partial charge in [0.15, 0.2) is 5.75 Å². The lowest BCUT2D eigenvalue weighted by atomic mass is 9.92. The Labute approximate surface area is 195 Å². The molecule has 176 valence electrons. The summed E-state index contributed by atoms with van der Waals surface area (Å²) in [6.45, 7) is 2.58. The van der Waals surface area contributed by atoms with Crippen molar-refractivity contribution in [2.24, 2.45) is 5.92 Å². The van der Waals surface area contributed by atoms with Crippen LogP contribution in [0.25, 0.3) is 0 Å². The van der Waals surface area contributed by atoms with Gasteiger partial charge in [-0.3, -0.25) is 9.78 Å². The highest BCUT2D eigenvalue weighted by Gasteiger charge is 2.26. The van der Waals surface area contributed by atoms with E-state index < -0.39 is 6.09 Å². The zero-order valence-electron chi connectivity index (χ0n) is 19.2. The lowest BCUT2D eigenvalue weighted by Gasteiger charge is -2.34. The van der Waals surface area contributed by atoms with Crippen LogP contribution in [0, 0.1) is 5.92 Å². The van der Waals surface area contributed by atoms with E-state index in [1.807, 2.05) is 24.3 Å². The van der Waals surface area contributed by atoms with Gasteiger partial charge >= 0.3 is 6.09 Å². The van der Waals surface area contributed by atoms with Gasteiger partial charge < -0.3 is 19.3 Å². The molecule has 0 spiro atoms. The predicted octanol–water partition coefficient (Wildman–Crippen LogP) is 4.78. The molecule has 1 saturated heterocycles. The number of aromatic nitrogens is 1. The Morgan fingerprint density at radius 3 is 2.18 bits per heavy atom. The average molecular weight is 452 g/mol. The summed E-state index contributed by atoms with van der Waals surface area (Å²) in [7, 11) is 0. The Bertz CT molecular complexity index is 888. The first-order valence-corrected chi connectivity index (χ1v) is 12.1. The summed E-state index contributed by atoms with van der Waals surface area (Å²) < 4.78 is 11.4. The number of benzene rings is 1. The molecular weight excluding hydrogens is 418 g/mol. The van der Waals surface area contributed by atoms with Gasteiger partial charge in [-0.2, -0.15) is 0 Å². The maximum Gasteiger partial charge on any atom is 0.415 e. The van der Waals surface area contributed by atoms with Crippen molar-refractivity contribution in [2.75, 3.05) is 32.8 Å². The highest BCUT2D eigenvalue weighted by Crippen LogP contribution is 2.24. The van der Waals surface area contributed by atoms with Crippen molar-refractivity contribution >= 4 is 12.0 Å². The van der Waals surface area contributed by atoms with Crippen molar-refractivity contribution in [3.63, 3.8) is 0 Å². The monoisotopic (exact) mass is 451 g/mol. The summed E-state index contributed by atoms with van der Waals surface area (Å²) in [5, 5.41) is 0. The molecule has 1 aromatic carbocycles. The second kappa shape index (κ2) is 11.7. The molecule has 7 nitrogen and oxygen atoms in total. The van der Waals surface area contributed by atoms with Crippen LogP contribution in [0.15, 0.2) is 48.8 Å². The molecule has 4 rings (SSSR count). The fourth-order valence-electron chi connectivity index (χ4n) is 4.46. The average Bonchev–Trinajstić information content (AvgIpc) is 2.84. The van der Waals surface area contributed by atoms with Crippen molar-refractivity contribution in [2.45, 2.75) is 44.9 Å². The summed E-state index contributed by atoms with van der Waals surface area (Å²) in [5.41, 5.74) is 0.639. The van der Waals surface area contributed by atoms with Crippen molar-refractivity contribution in [3.8, 4) is 11.5 Å². The maximum absolute atomic E-state index is 12.9. The van der Waals surface area contributed by atoms with Gasteiger partial charge in [0, 0.05) is 37.9 Å². The Kier molecular flexibility index (Phi) is 8.17. The molecule has 2 aromatic rings. The van der Waals surface area contributed by atoms with Crippen LogP contribution in [-0.2, 0) is 0 Å². The number of nitrogens with zero attached hydrogens (tertiary/aromatic N) is 3. The first-order chi connectivity index (χ1) is 16.2. The largest absolute Gasteiger partial charge is 0.493 e. The molecule has 2 aliphatic rings. The smallest absolute Gasteiger partial charge is 0.415 e. The zero-order valence-corrected chi connectivity index (χ0v) is 19.2. The van der Waals surface area contributed by atoms with Crippen molar-refractivity contribution in [1.29, 1.82) is 0 Å². The van der Waals surface area contributed by atoms with Crippen LogP contribution in [0.3, 0.4) is 0 Å². The molecule has 2 amide bonds. The summed E-state index contributed by atoms with van der Waals surface area (Å²) in [6, 6.07) is 10.8. The van der Waals surface area contributed by atoms with Gasteiger partial charge in [0.1, 0.15) is 5.75 Å². The minimum absolute atomic E-state index is 0.0261. The SMILES string of the molecule is O=C(Oc1cccnc1)N1CCN(C(=O)c2ccc(OCC3CCCCCCC3)cc2)CC1. The molecular formula is C26H33N3O4. The first-order valence-electron chi connectivity index (χ1n) is 12.1. The van der Waals surface area contributed by atoms with E-state index >= 15 is 0 Å². The minimum Gasteiger partial charge on any atom is -0.493 e. The number of amides is 2. The maximum atomic E-state index is 12.9. The van der Waals surface area contributed by atoms with Gasteiger partial charge in [0.05, 0.1) is 12.8 Å². The van der Waals surface area contributed by atoms with Crippen LogP contribution in [0.1, 0.15) is 55.3 Å². The topological polar surface area (TPSA) is 72.0 Å². The molecule has 0 atom stereocenters. The Morgan fingerprint density at radius 1 is 0.848 bits per heavy atom. The van der Waals surface area contributed by atoms with Crippen molar-refractivity contribution < 1.29 is 19.1 Å². The van der Waals surface area contributed by atoms with Gasteiger partial charge in [-0.1, -0.05) is 32.1 Å². The molecule has 1 saturated carbocycles. The fourth-order valence-corrected chi connectivity index (χ4v) is 4.46. The third-order valence-electron chi connectivity index (χ3n) is 6.48. The standard InChI is InChI=1S/C26H33N3O4/c30-25(28-15-17-29(18-16-28)26(31)33-24-9-6-14-27-19-24)22-10-12-23(13-11-22)32-20-21-7-4-2-1-3-5-8-21/h6,9-14,19,21H,1-5,7-8,15-18,20H2. The number of piperazine rings is 1. The number of ether oxygens (including phenoxy) is 2. The van der Waals surface area contributed by atoms with E-state index in [-0.39, 0.29) is 5.91 Å². The summed E-state index contributed by atoms with van der Waals surface area (Å²) in [4.78, 5) is 32.6. The number of carbonyl (C=O) groups excluding carboxylic acids is 2. The minimum atomic E-state index is -0.416. The number of hydrogen-bond donors (Lipinski definition) is 0. The summed E-state index contributed by atoms with van der Waals surface area (Å²) in [6.07, 6.45) is 11.9. The van der Waals surface area contributed by atoms with E-state index in [2.05, 4.69) is 4.98 Å². The van der Waals surface area contributed by atoms with Crippen LogP contribution < -0.4 is 9.47 Å². The third-order valence-corrected chi connectivity index (χ3v) is 6.48. The molecule has 1 aromatic heterocycles. The number of rotatable bonds is 5. The second-order valence-corrected chi connectivity index (χ2v) is 8.88. The Hall–Kier alpha value is -3.09. The normalized spacial score (nSPS) is 17.7. The Morgan fingerprint density at radius 2 is 1.52 bits per heavy atom. The second-order valence-electron chi connectivity index (χ2n) is 8.88. The molecule has 0 radical (unpaired) electrons. The van der Waals surface area contributed by atoms with Gasteiger partial charge in [0.2, 0.25) is 0 Å². The van der Waals surface area contributed by atoms with E-state index in [4.69, 9.17) is 9.47 Å². The number of pyridine rings is 1. The molecule has 33 heavy (non-hydrogen) atoms. The Balaban J connectivity index is 1.22. The number of carbonyl (C=O) groups is 2. The highest BCUT2D eigenvalue weighted by molar-refractivity contribution is 5.94. The van der Waals surface area contributed by atoms with Gasteiger partial charge in [0.25, 0.3) is 5.91 Å². The molecule has 2 heterocycles. The van der Waals surface area contributed by atoms with E-state index in [1.54, 1.807) is 28.1 Å². The zero-order chi connectivity index (χ0) is 22.9. The van der Waals surface area contributed by atoms with Crippen molar-refractivity contribution in [1.82, 2.24) is 14.8 Å². The molecule has 0 N–H and O–H groups in total. The lowest BCUT2D eigenvalue weighted by Crippen LogP contribution is -2.51. The number of hydrogen-bond acceptors (Lipinski definition) is 5. The van der Waals surface area contributed by atoms with E-state index in [0.717, 1.165) is 12.4 Å². The van der Waals surface area contributed by atoms with Gasteiger partial charge in [-0.25, -0.2) is 4.79 Å². The van der Waals surface area contributed by atoms with Crippen molar-refractivity contribution in [3.05, 3.63) is 54.4 Å². The lowest BCUT2D eigenvalue weighted by molar-refractivity contribution is 0.0633. The van der Waals surface area contributed by atoms with Crippen LogP contribution in [0.5, 0.6) is 11.5 Å². The summed E-state index contributed by atoms with van der Waals surface area (Å²) >= 11 is 0. The van der Waals surface area contributed by atoms with E-state index in [1.165, 1.54) is 51.1 Å². The van der Waals surface area contributed by atoms with Crippen LogP contribution >= 0.6 is 0 Å².